The standard InChI is InChI=1S/C21H14F7NO2/c1-8-12-3-10(22)5-14(24)18(12)30-16(8)7-29-20(21(26,27)28)17-9(2)13-4-11(23)6-15(25)19(13)31-17/h3-6,20,29H,7H2,1-2H3. The Bertz CT molecular complexity index is 1300. The van der Waals surface area contributed by atoms with Crippen molar-refractivity contribution in [1.29, 1.82) is 0 Å². The Morgan fingerprint density at radius 2 is 1.32 bits per heavy atom. The molecule has 164 valence electrons. The summed E-state index contributed by atoms with van der Waals surface area (Å²) < 4.78 is 107. The third-order valence-electron chi connectivity index (χ3n) is 5.11. The van der Waals surface area contributed by atoms with Crippen LogP contribution in [0, 0.1) is 37.1 Å². The molecule has 10 heteroatoms. The van der Waals surface area contributed by atoms with Crippen molar-refractivity contribution in [2.24, 2.45) is 0 Å². The highest BCUT2D eigenvalue weighted by Crippen LogP contribution is 2.40. The number of rotatable bonds is 4. The molecule has 31 heavy (non-hydrogen) atoms. The van der Waals surface area contributed by atoms with E-state index in [1.165, 1.54) is 13.8 Å². The van der Waals surface area contributed by atoms with E-state index in [1.54, 1.807) is 0 Å². The van der Waals surface area contributed by atoms with Crippen LogP contribution in [-0.4, -0.2) is 6.18 Å². The van der Waals surface area contributed by atoms with Gasteiger partial charge in [0.05, 0.1) is 6.54 Å². The van der Waals surface area contributed by atoms with Gasteiger partial charge in [0.2, 0.25) is 0 Å². The first-order valence-corrected chi connectivity index (χ1v) is 9.02. The molecular formula is C21H14F7NO2. The van der Waals surface area contributed by atoms with Gasteiger partial charge in [-0.15, -0.1) is 0 Å². The molecule has 2 aromatic carbocycles. The third kappa shape index (κ3) is 3.65. The molecule has 1 unspecified atom stereocenters. The maximum absolute atomic E-state index is 14.0. The first-order valence-electron chi connectivity index (χ1n) is 9.02. The summed E-state index contributed by atoms with van der Waals surface area (Å²) in [6.07, 6.45) is -4.87. The molecule has 0 spiro atoms. The second-order valence-electron chi connectivity index (χ2n) is 7.13. The van der Waals surface area contributed by atoms with Crippen molar-refractivity contribution in [3.05, 3.63) is 70.2 Å². The lowest BCUT2D eigenvalue weighted by molar-refractivity contribution is -0.162. The fourth-order valence-electron chi connectivity index (χ4n) is 3.55. The number of fused-ring (bicyclic) bond motifs is 2. The second kappa shape index (κ2) is 7.30. The number of hydrogen-bond acceptors (Lipinski definition) is 3. The maximum atomic E-state index is 14.0. The van der Waals surface area contributed by atoms with Crippen LogP contribution < -0.4 is 5.32 Å². The summed E-state index contributed by atoms with van der Waals surface area (Å²) in [6, 6.07) is 0.622. The molecule has 0 amide bonds. The summed E-state index contributed by atoms with van der Waals surface area (Å²) in [5, 5.41) is 2.19. The molecule has 0 aliphatic rings. The molecule has 4 aromatic rings. The number of nitrogens with one attached hydrogen (secondary N) is 1. The molecule has 0 aliphatic heterocycles. The lowest BCUT2D eigenvalue weighted by Crippen LogP contribution is -2.34. The van der Waals surface area contributed by atoms with E-state index in [0.29, 0.717) is 12.1 Å². The quantitative estimate of drug-likeness (QED) is 0.354. The molecule has 2 heterocycles. The van der Waals surface area contributed by atoms with Crippen molar-refractivity contribution in [3.8, 4) is 0 Å². The van der Waals surface area contributed by atoms with Crippen molar-refractivity contribution in [3.63, 3.8) is 0 Å². The van der Waals surface area contributed by atoms with Gasteiger partial charge in [0, 0.05) is 28.5 Å². The van der Waals surface area contributed by atoms with Gasteiger partial charge in [-0.05, 0) is 31.5 Å². The fraction of sp³-hybridized carbons (Fsp3) is 0.238. The van der Waals surface area contributed by atoms with Crippen LogP contribution in [0.3, 0.4) is 0 Å². The Kier molecular flexibility index (Phi) is 5.00. The average molecular weight is 445 g/mol. The van der Waals surface area contributed by atoms with Crippen molar-refractivity contribution >= 4 is 21.9 Å². The van der Waals surface area contributed by atoms with Crippen LogP contribution in [0.2, 0.25) is 0 Å². The summed E-state index contributed by atoms with van der Waals surface area (Å²) in [4.78, 5) is 0. The van der Waals surface area contributed by atoms with Gasteiger partial charge >= 0.3 is 6.18 Å². The molecule has 0 radical (unpaired) electrons. The van der Waals surface area contributed by atoms with Crippen molar-refractivity contribution in [1.82, 2.24) is 5.32 Å². The molecule has 1 atom stereocenters. The van der Waals surface area contributed by atoms with Crippen LogP contribution in [0.4, 0.5) is 30.7 Å². The van der Waals surface area contributed by atoms with E-state index in [1.807, 2.05) is 0 Å². The van der Waals surface area contributed by atoms with E-state index < -0.39 is 53.4 Å². The first-order chi connectivity index (χ1) is 14.5. The normalized spacial score (nSPS) is 13.5. The second-order valence-corrected chi connectivity index (χ2v) is 7.13. The van der Waals surface area contributed by atoms with Crippen LogP contribution in [0.15, 0.2) is 33.1 Å². The van der Waals surface area contributed by atoms with Gasteiger partial charge in [-0.3, -0.25) is 5.32 Å². The molecule has 0 aliphatic carbocycles. The molecule has 4 rings (SSSR count). The largest absolute Gasteiger partial charge is 0.456 e. The minimum absolute atomic E-state index is 0.0419. The zero-order chi connectivity index (χ0) is 22.7. The molecule has 0 saturated carbocycles. The minimum atomic E-state index is -4.87. The SMILES string of the molecule is Cc1c(CNC(c2oc3c(F)cc(F)cc3c2C)C(F)(F)F)oc2c(F)cc(F)cc12. The van der Waals surface area contributed by atoms with E-state index in [2.05, 4.69) is 5.32 Å². The van der Waals surface area contributed by atoms with Gasteiger partial charge in [0.25, 0.3) is 0 Å². The Morgan fingerprint density at radius 1 is 0.806 bits per heavy atom. The third-order valence-corrected chi connectivity index (χ3v) is 5.11. The molecular weight excluding hydrogens is 431 g/mol. The van der Waals surface area contributed by atoms with Crippen LogP contribution in [0.1, 0.15) is 28.7 Å². The predicted octanol–water partition coefficient (Wildman–Crippen LogP) is 6.75. The summed E-state index contributed by atoms with van der Waals surface area (Å²) >= 11 is 0. The van der Waals surface area contributed by atoms with E-state index >= 15 is 0 Å². The highest BCUT2D eigenvalue weighted by molar-refractivity contribution is 5.83. The number of benzene rings is 2. The van der Waals surface area contributed by atoms with E-state index in [-0.39, 0.29) is 33.2 Å². The van der Waals surface area contributed by atoms with Gasteiger partial charge in [0.1, 0.15) is 23.2 Å². The van der Waals surface area contributed by atoms with Crippen LogP contribution in [-0.2, 0) is 6.54 Å². The molecule has 1 N–H and O–H groups in total. The molecule has 0 bridgehead atoms. The van der Waals surface area contributed by atoms with Crippen LogP contribution in [0.25, 0.3) is 21.9 Å². The highest BCUT2D eigenvalue weighted by atomic mass is 19.4. The predicted molar refractivity (Wildman–Crippen MR) is 97.4 cm³/mol. The van der Waals surface area contributed by atoms with E-state index in [4.69, 9.17) is 8.83 Å². The fourth-order valence-corrected chi connectivity index (χ4v) is 3.55. The Hall–Kier alpha value is -3.01. The number of hydrogen-bond donors (Lipinski definition) is 1. The molecule has 2 aromatic heterocycles. The Morgan fingerprint density at radius 3 is 1.87 bits per heavy atom. The summed E-state index contributed by atoms with van der Waals surface area (Å²) in [6.45, 7) is 2.19. The van der Waals surface area contributed by atoms with Gasteiger partial charge in [0.15, 0.2) is 28.8 Å². The number of halogens is 7. The van der Waals surface area contributed by atoms with Gasteiger partial charge in [-0.1, -0.05) is 0 Å². The number of furan rings is 2. The van der Waals surface area contributed by atoms with Gasteiger partial charge in [-0.25, -0.2) is 17.6 Å². The van der Waals surface area contributed by atoms with Gasteiger partial charge in [-0.2, -0.15) is 13.2 Å². The maximum Gasteiger partial charge on any atom is 0.411 e. The van der Waals surface area contributed by atoms with E-state index in [9.17, 15) is 30.7 Å². The Labute approximate surface area is 170 Å². The first kappa shape index (κ1) is 21.2. The van der Waals surface area contributed by atoms with Crippen LogP contribution in [0.5, 0.6) is 0 Å². The molecule has 3 nitrogen and oxygen atoms in total. The van der Waals surface area contributed by atoms with E-state index in [0.717, 1.165) is 12.1 Å². The van der Waals surface area contributed by atoms with Crippen LogP contribution >= 0.6 is 0 Å². The highest BCUT2D eigenvalue weighted by Gasteiger charge is 2.44. The lowest BCUT2D eigenvalue weighted by Gasteiger charge is -2.20. The van der Waals surface area contributed by atoms with Crippen molar-refractivity contribution in [2.45, 2.75) is 32.6 Å². The zero-order valence-electron chi connectivity index (χ0n) is 16.1. The average Bonchev–Trinajstić information content (AvgIpc) is 3.14. The minimum Gasteiger partial charge on any atom is -0.456 e. The lowest BCUT2D eigenvalue weighted by atomic mass is 10.1. The summed E-state index contributed by atoms with van der Waals surface area (Å²) in [5.74, 6) is -4.60. The van der Waals surface area contributed by atoms with Crippen molar-refractivity contribution < 1.29 is 39.6 Å². The number of aryl methyl sites for hydroxylation is 2. The number of alkyl halides is 3. The molecule has 0 saturated heterocycles. The topological polar surface area (TPSA) is 38.3 Å². The van der Waals surface area contributed by atoms with Gasteiger partial charge < -0.3 is 8.83 Å². The zero-order valence-corrected chi connectivity index (χ0v) is 16.1. The summed E-state index contributed by atoms with van der Waals surface area (Å²) in [7, 11) is 0. The smallest absolute Gasteiger partial charge is 0.411 e. The van der Waals surface area contributed by atoms with Crippen molar-refractivity contribution in [2.75, 3.05) is 0 Å². The summed E-state index contributed by atoms with van der Waals surface area (Å²) in [5.41, 5.74) is -0.604. The Balaban J connectivity index is 1.73. The molecule has 0 fully saturated rings. The monoisotopic (exact) mass is 445 g/mol.